The molecule has 0 aromatic heterocycles. The number of hydrogen-bond donors (Lipinski definition) is 1. The normalized spacial score (nSPS) is 19.2. The highest BCUT2D eigenvalue weighted by atomic mass is 32.2. The second-order valence-corrected chi connectivity index (χ2v) is 8.17. The second-order valence-electron chi connectivity index (χ2n) is 6.37. The number of rotatable bonds is 4. The molecule has 1 aliphatic rings. The van der Waals surface area contributed by atoms with Crippen LogP contribution in [0.2, 0.25) is 0 Å². The Morgan fingerprint density at radius 1 is 1.33 bits per heavy atom. The minimum absolute atomic E-state index is 0.165. The lowest BCUT2D eigenvalue weighted by molar-refractivity contribution is -0.119. The van der Waals surface area contributed by atoms with Crippen molar-refractivity contribution >= 4 is 17.7 Å². The maximum atomic E-state index is 11.8. The van der Waals surface area contributed by atoms with Crippen LogP contribution in [0.3, 0.4) is 0 Å². The molecule has 1 fully saturated rings. The molecule has 0 spiro atoms. The first-order chi connectivity index (χ1) is 8.28. The molecule has 0 bridgehead atoms. The Bertz CT molecular complexity index is 265. The number of carbonyl (C=O) groups excluding carboxylic acids is 1. The lowest BCUT2D eigenvalue weighted by atomic mass is 10.0. The predicted molar refractivity (Wildman–Crippen MR) is 80.1 cm³/mol. The molecule has 0 unspecified atom stereocenters. The van der Waals surface area contributed by atoms with E-state index in [2.05, 4.69) is 44.8 Å². The molecule has 1 rings (SSSR count). The summed E-state index contributed by atoms with van der Waals surface area (Å²) in [6, 6.07) is 1.01. The van der Waals surface area contributed by atoms with Crippen molar-refractivity contribution in [1.29, 1.82) is 0 Å². The van der Waals surface area contributed by atoms with E-state index in [0.717, 1.165) is 25.9 Å². The van der Waals surface area contributed by atoms with Crippen molar-refractivity contribution in [3.05, 3.63) is 0 Å². The molecule has 0 saturated carbocycles. The van der Waals surface area contributed by atoms with Crippen molar-refractivity contribution in [1.82, 2.24) is 10.2 Å². The summed E-state index contributed by atoms with van der Waals surface area (Å²) in [7, 11) is 0. The fraction of sp³-hybridized carbons (Fsp3) is 0.929. The number of thioether (sulfide) groups is 1. The first-order valence-electron chi connectivity index (χ1n) is 6.95. The molecule has 1 saturated heterocycles. The Labute approximate surface area is 116 Å². The van der Waals surface area contributed by atoms with E-state index in [1.807, 2.05) is 0 Å². The van der Waals surface area contributed by atoms with Crippen LogP contribution in [-0.4, -0.2) is 46.5 Å². The number of carbonyl (C=O) groups is 1. The molecule has 3 nitrogen and oxygen atoms in total. The van der Waals surface area contributed by atoms with E-state index >= 15 is 0 Å². The molecule has 106 valence electrons. The van der Waals surface area contributed by atoms with E-state index in [1.165, 1.54) is 0 Å². The largest absolute Gasteiger partial charge is 0.353 e. The zero-order chi connectivity index (χ0) is 13.8. The van der Waals surface area contributed by atoms with E-state index in [-0.39, 0.29) is 10.7 Å². The summed E-state index contributed by atoms with van der Waals surface area (Å²) in [5, 5.41) is 3.16. The quantitative estimate of drug-likeness (QED) is 0.853. The van der Waals surface area contributed by atoms with Crippen molar-refractivity contribution in [2.24, 2.45) is 0 Å². The van der Waals surface area contributed by atoms with Crippen molar-refractivity contribution in [3.8, 4) is 0 Å². The lowest BCUT2D eigenvalue weighted by Crippen LogP contribution is -2.47. The van der Waals surface area contributed by atoms with E-state index in [4.69, 9.17) is 0 Å². The van der Waals surface area contributed by atoms with Crippen molar-refractivity contribution in [2.75, 3.05) is 18.8 Å². The van der Waals surface area contributed by atoms with Gasteiger partial charge in [0, 0.05) is 29.9 Å². The van der Waals surface area contributed by atoms with E-state index < -0.39 is 0 Å². The van der Waals surface area contributed by atoms with E-state index in [9.17, 15) is 4.79 Å². The third-order valence-corrected chi connectivity index (χ3v) is 4.53. The van der Waals surface area contributed by atoms with Crippen molar-refractivity contribution < 1.29 is 4.79 Å². The number of piperidine rings is 1. The van der Waals surface area contributed by atoms with Crippen LogP contribution >= 0.6 is 11.8 Å². The summed E-state index contributed by atoms with van der Waals surface area (Å²) in [6.07, 6.45) is 2.17. The minimum atomic E-state index is 0.165. The Morgan fingerprint density at radius 2 is 1.89 bits per heavy atom. The summed E-state index contributed by atoms with van der Waals surface area (Å²) in [4.78, 5) is 14.3. The lowest BCUT2D eigenvalue weighted by Gasteiger charge is -2.35. The van der Waals surface area contributed by atoms with Crippen LogP contribution in [-0.2, 0) is 4.79 Å². The van der Waals surface area contributed by atoms with Gasteiger partial charge in [-0.2, -0.15) is 0 Å². The number of nitrogens with zero attached hydrogens (tertiary/aromatic N) is 1. The third kappa shape index (κ3) is 6.10. The smallest absolute Gasteiger partial charge is 0.230 e. The summed E-state index contributed by atoms with van der Waals surface area (Å²) in [5.74, 6) is 0.770. The van der Waals surface area contributed by atoms with Crippen LogP contribution in [0, 0.1) is 0 Å². The maximum Gasteiger partial charge on any atom is 0.230 e. The molecular weight excluding hydrogens is 244 g/mol. The van der Waals surface area contributed by atoms with Gasteiger partial charge >= 0.3 is 0 Å². The first-order valence-corrected chi connectivity index (χ1v) is 7.94. The Hall–Kier alpha value is -0.220. The molecule has 4 heteroatoms. The number of likely N-dealkylation sites (tertiary alicyclic amines) is 1. The minimum Gasteiger partial charge on any atom is -0.353 e. The van der Waals surface area contributed by atoms with Crippen LogP contribution in [0.1, 0.15) is 47.5 Å². The molecule has 1 heterocycles. The van der Waals surface area contributed by atoms with Gasteiger partial charge in [0.1, 0.15) is 0 Å². The average Bonchev–Trinajstić information content (AvgIpc) is 2.26. The van der Waals surface area contributed by atoms with Crippen molar-refractivity contribution in [3.63, 3.8) is 0 Å². The van der Waals surface area contributed by atoms with Crippen LogP contribution in [0.4, 0.5) is 0 Å². The Morgan fingerprint density at radius 3 is 2.33 bits per heavy atom. The molecule has 0 radical (unpaired) electrons. The summed E-state index contributed by atoms with van der Waals surface area (Å²) < 4.78 is 0.165. The van der Waals surface area contributed by atoms with Gasteiger partial charge in [-0.1, -0.05) is 20.8 Å². The number of amides is 1. The van der Waals surface area contributed by atoms with Gasteiger partial charge in [0.25, 0.3) is 0 Å². The van der Waals surface area contributed by atoms with Gasteiger partial charge in [0.05, 0.1) is 5.75 Å². The zero-order valence-corrected chi connectivity index (χ0v) is 13.3. The molecule has 0 aromatic carbocycles. The molecule has 0 aromatic rings. The van der Waals surface area contributed by atoms with Crippen LogP contribution in [0.5, 0.6) is 0 Å². The van der Waals surface area contributed by atoms with Gasteiger partial charge in [0.2, 0.25) is 5.91 Å². The second kappa shape index (κ2) is 6.80. The van der Waals surface area contributed by atoms with E-state index in [0.29, 0.717) is 17.8 Å². The zero-order valence-electron chi connectivity index (χ0n) is 12.5. The van der Waals surface area contributed by atoms with Gasteiger partial charge in [-0.25, -0.2) is 0 Å². The molecular formula is C14H28N2OS. The Balaban J connectivity index is 2.22. The number of nitrogens with one attached hydrogen (secondary N) is 1. The van der Waals surface area contributed by atoms with Crippen molar-refractivity contribution in [2.45, 2.75) is 64.3 Å². The van der Waals surface area contributed by atoms with Gasteiger partial charge < -0.3 is 10.2 Å². The highest BCUT2D eigenvalue weighted by molar-refractivity contribution is 8.01. The van der Waals surface area contributed by atoms with Gasteiger partial charge in [-0.15, -0.1) is 11.8 Å². The third-order valence-electron chi connectivity index (χ3n) is 3.26. The molecule has 1 amide bonds. The van der Waals surface area contributed by atoms with E-state index in [1.54, 1.807) is 11.8 Å². The summed E-state index contributed by atoms with van der Waals surface area (Å²) in [5.41, 5.74) is 0. The van der Waals surface area contributed by atoms with Crippen LogP contribution in [0.25, 0.3) is 0 Å². The summed E-state index contributed by atoms with van der Waals surface area (Å²) in [6.45, 7) is 13.1. The highest BCUT2D eigenvalue weighted by Crippen LogP contribution is 2.22. The molecule has 1 aliphatic heterocycles. The van der Waals surface area contributed by atoms with Gasteiger partial charge in [-0.3, -0.25) is 4.79 Å². The molecule has 0 atom stereocenters. The summed E-state index contributed by atoms with van der Waals surface area (Å²) >= 11 is 1.71. The molecule has 0 aliphatic carbocycles. The topological polar surface area (TPSA) is 32.3 Å². The standard InChI is InChI=1S/C14H28N2OS/c1-11(2)16-8-6-12(7-9-16)15-13(17)10-18-14(3,4)5/h11-12H,6-10H2,1-5H3,(H,15,17). The first kappa shape index (κ1) is 15.8. The fourth-order valence-electron chi connectivity index (χ4n) is 2.11. The molecule has 18 heavy (non-hydrogen) atoms. The monoisotopic (exact) mass is 272 g/mol. The average molecular weight is 272 g/mol. The van der Waals surface area contributed by atoms with Gasteiger partial charge in [0.15, 0.2) is 0 Å². The van der Waals surface area contributed by atoms with Crippen LogP contribution in [0.15, 0.2) is 0 Å². The maximum absolute atomic E-state index is 11.8. The molecule has 1 N–H and O–H groups in total. The number of hydrogen-bond acceptors (Lipinski definition) is 3. The SMILES string of the molecule is CC(C)N1CCC(NC(=O)CSC(C)(C)C)CC1. The fourth-order valence-corrected chi connectivity index (χ4v) is 2.76. The Kier molecular flexibility index (Phi) is 5.99. The van der Waals surface area contributed by atoms with Crippen LogP contribution < -0.4 is 5.32 Å². The predicted octanol–water partition coefficient (Wildman–Crippen LogP) is 2.51. The highest BCUT2D eigenvalue weighted by Gasteiger charge is 2.22. The van der Waals surface area contributed by atoms with Gasteiger partial charge in [-0.05, 0) is 26.7 Å².